The summed E-state index contributed by atoms with van der Waals surface area (Å²) in [6.45, 7) is 1.00. The first-order valence-corrected chi connectivity index (χ1v) is 4.80. The Morgan fingerprint density at radius 3 is 2.31 bits per heavy atom. The van der Waals surface area contributed by atoms with Gasteiger partial charge in [0, 0.05) is 13.5 Å². The predicted molar refractivity (Wildman–Crippen MR) is 47.6 cm³/mol. The zero-order valence-corrected chi connectivity index (χ0v) is 8.62. The van der Waals surface area contributed by atoms with Gasteiger partial charge in [0.15, 0.2) is 0 Å². The molecule has 0 saturated carbocycles. The minimum absolute atomic E-state index is 0.156. The van der Waals surface area contributed by atoms with Crippen molar-refractivity contribution in [1.29, 1.82) is 0 Å². The molecule has 1 aliphatic rings. The summed E-state index contributed by atoms with van der Waals surface area (Å²) in [6, 6.07) is -1.36. The molecule has 16 heavy (non-hydrogen) atoms. The fourth-order valence-electron chi connectivity index (χ4n) is 1.87. The van der Waals surface area contributed by atoms with E-state index < -0.39 is 36.4 Å². The van der Waals surface area contributed by atoms with Crippen molar-refractivity contribution in [2.45, 2.75) is 32.0 Å². The van der Waals surface area contributed by atoms with Gasteiger partial charge in [-0.05, 0) is 12.8 Å². The number of aliphatic carboxylic acids is 1. The normalized spacial score (nSPS) is 26.6. The highest BCUT2D eigenvalue weighted by molar-refractivity contribution is 5.82. The van der Waals surface area contributed by atoms with Gasteiger partial charge >= 0.3 is 12.1 Å². The molecule has 1 rings (SSSR count). The Hall–Kier alpha value is -1.27. The number of nitrogens with zero attached hydrogens (tertiary/aromatic N) is 1. The summed E-state index contributed by atoms with van der Waals surface area (Å²) in [5.74, 6) is -3.53. The minimum atomic E-state index is -4.39. The number of alkyl halides is 3. The number of piperidine rings is 1. The van der Waals surface area contributed by atoms with Crippen LogP contribution in [0.4, 0.5) is 13.2 Å². The zero-order valence-electron chi connectivity index (χ0n) is 8.62. The smallest absolute Gasteiger partial charge is 0.391 e. The topological polar surface area (TPSA) is 57.6 Å². The number of amides is 1. The van der Waals surface area contributed by atoms with Crippen molar-refractivity contribution in [2.75, 3.05) is 6.54 Å². The maximum atomic E-state index is 12.4. The average molecular weight is 239 g/mol. The third-order valence-electron chi connectivity index (χ3n) is 2.75. The number of hydrogen-bond donors (Lipinski definition) is 1. The van der Waals surface area contributed by atoms with Crippen LogP contribution in [0.2, 0.25) is 0 Å². The van der Waals surface area contributed by atoms with E-state index in [1.807, 2.05) is 0 Å². The van der Waals surface area contributed by atoms with Crippen molar-refractivity contribution >= 4 is 11.9 Å². The van der Waals surface area contributed by atoms with E-state index in [-0.39, 0.29) is 13.0 Å². The Labute approximate surface area is 90.0 Å². The quantitative estimate of drug-likeness (QED) is 0.749. The number of carbonyl (C=O) groups excluding carboxylic acids is 1. The molecule has 7 heteroatoms. The van der Waals surface area contributed by atoms with Crippen molar-refractivity contribution in [3.63, 3.8) is 0 Å². The largest absolute Gasteiger partial charge is 0.480 e. The molecule has 92 valence electrons. The number of carboxylic acid groups (broad SMARTS) is 1. The summed E-state index contributed by atoms with van der Waals surface area (Å²) in [4.78, 5) is 22.8. The standard InChI is InChI=1S/C9H12F3NO3/c1-5(14)13-3-2-6(9(10,11)12)4-7(13)8(15)16/h6-7H,2-4H2,1H3,(H,15,16)/t6-,7+/m0/s1. The first-order chi connectivity index (χ1) is 7.23. The molecule has 0 aliphatic carbocycles. The van der Waals surface area contributed by atoms with E-state index in [0.717, 1.165) is 11.8 Å². The van der Waals surface area contributed by atoms with Gasteiger partial charge in [0.2, 0.25) is 5.91 Å². The molecular formula is C9H12F3NO3. The highest BCUT2D eigenvalue weighted by atomic mass is 19.4. The molecule has 1 amide bonds. The second-order valence-electron chi connectivity index (χ2n) is 3.83. The molecule has 0 radical (unpaired) electrons. The lowest BCUT2D eigenvalue weighted by Crippen LogP contribution is -2.51. The highest BCUT2D eigenvalue weighted by Crippen LogP contribution is 2.36. The van der Waals surface area contributed by atoms with Gasteiger partial charge in [-0.15, -0.1) is 0 Å². The molecule has 1 fully saturated rings. The minimum Gasteiger partial charge on any atom is -0.480 e. The van der Waals surface area contributed by atoms with Crippen LogP contribution in [0.15, 0.2) is 0 Å². The first kappa shape index (κ1) is 12.8. The van der Waals surface area contributed by atoms with Crippen LogP contribution in [0, 0.1) is 5.92 Å². The van der Waals surface area contributed by atoms with Crippen LogP contribution in [0.5, 0.6) is 0 Å². The van der Waals surface area contributed by atoms with Gasteiger partial charge in [0.25, 0.3) is 0 Å². The van der Waals surface area contributed by atoms with Crippen LogP contribution in [0.1, 0.15) is 19.8 Å². The molecule has 0 unspecified atom stereocenters. The SMILES string of the molecule is CC(=O)N1CC[C@H](C(F)(F)F)C[C@@H]1C(=O)O. The summed E-state index contributed by atoms with van der Waals surface area (Å²) in [5, 5.41) is 8.78. The number of hydrogen-bond acceptors (Lipinski definition) is 2. The maximum absolute atomic E-state index is 12.4. The third-order valence-corrected chi connectivity index (χ3v) is 2.75. The lowest BCUT2D eigenvalue weighted by atomic mass is 9.90. The molecule has 0 aromatic carbocycles. The van der Waals surface area contributed by atoms with Crippen molar-refractivity contribution in [1.82, 2.24) is 4.90 Å². The average Bonchev–Trinajstić information content (AvgIpc) is 2.15. The monoisotopic (exact) mass is 239 g/mol. The number of halogens is 3. The second kappa shape index (κ2) is 4.31. The lowest BCUT2D eigenvalue weighted by molar-refractivity contribution is -0.194. The van der Waals surface area contributed by atoms with Crippen LogP contribution in [0.3, 0.4) is 0 Å². The molecular weight excluding hydrogens is 227 g/mol. The van der Waals surface area contributed by atoms with E-state index >= 15 is 0 Å². The molecule has 0 aromatic heterocycles. The van der Waals surface area contributed by atoms with Crippen molar-refractivity contribution in [3.05, 3.63) is 0 Å². The first-order valence-electron chi connectivity index (χ1n) is 4.80. The maximum Gasteiger partial charge on any atom is 0.391 e. The molecule has 0 aromatic rings. The van der Waals surface area contributed by atoms with E-state index in [1.54, 1.807) is 0 Å². The van der Waals surface area contributed by atoms with E-state index in [0.29, 0.717) is 0 Å². The fourth-order valence-corrected chi connectivity index (χ4v) is 1.87. The number of likely N-dealkylation sites (tertiary alicyclic amines) is 1. The molecule has 4 nitrogen and oxygen atoms in total. The second-order valence-corrected chi connectivity index (χ2v) is 3.83. The number of carbonyl (C=O) groups is 2. The molecule has 1 N–H and O–H groups in total. The molecule has 1 heterocycles. The summed E-state index contributed by atoms with van der Waals surface area (Å²) in [7, 11) is 0. The summed E-state index contributed by atoms with van der Waals surface area (Å²) in [5.41, 5.74) is 0. The van der Waals surface area contributed by atoms with Gasteiger partial charge in [-0.2, -0.15) is 13.2 Å². The number of carboxylic acids is 1. The Morgan fingerprint density at radius 2 is 1.94 bits per heavy atom. The van der Waals surface area contributed by atoms with E-state index in [9.17, 15) is 22.8 Å². The van der Waals surface area contributed by atoms with Gasteiger partial charge in [-0.3, -0.25) is 4.79 Å². The van der Waals surface area contributed by atoms with E-state index in [1.165, 1.54) is 0 Å². The van der Waals surface area contributed by atoms with Crippen LogP contribution >= 0.6 is 0 Å². The van der Waals surface area contributed by atoms with Crippen molar-refractivity contribution in [2.24, 2.45) is 5.92 Å². The third kappa shape index (κ3) is 2.65. The van der Waals surface area contributed by atoms with Crippen LogP contribution in [-0.2, 0) is 9.59 Å². The Morgan fingerprint density at radius 1 is 1.38 bits per heavy atom. The Bertz CT molecular complexity index is 303. The van der Waals surface area contributed by atoms with Gasteiger partial charge < -0.3 is 10.0 Å². The molecule has 0 spiro atoms. The Balaban J connectivity index is 2.81. The lowest BCUT2D eigenvalue weighted by Gasteiger charge is -2.37. The van der Waals surface area contributed by atoms with Crippen LogP contribution in [0.25, 0.3) is 0 Å². The van der Waals surface area contributed by atoms with Gasteiger partial charge in [-0.1, -0.05) is 0 Å². The van der Waals surface area contributed by atoms with Crippen molar-refractivity contribution in [3.8, 4) is 0 Å². The van der Waals surface area contributed by atoms with Crippen molar-refractivity contribution < 1.29 is 27.9 Å². The van der Waals surface area contributed by atoms with E-state index in [4.69, 9.17) is 5.11 Å². The molecule has 0 bridgehead atoms. The highest BCUT2D eigenvalue weighted by Gasteiger charge is 2.46. The number of rotatable bonds is 1. The molecule has 1 saturated heterocycles. The molecule has 2 atom stereocenters. The van der Waals surface area contributed by atoms with Gasteiger partial charge in [-0.25, -0.2) is 4.79 Å². The fraction of sp³-hybridized carbons (Fsp3) is 0.778. The zero-order chi connectivity index (χ0) is 12.5. The van der Waals surface area contributed by atoms with Gasteiger partial charge in [0.05, 0.1) is 5.92 Å². The predicted octanol–water partition coefficient (Wildman–Crippen LogP) is 1.26. The summed E-state index contributed by atoms with van der Waals surface area (Å²) >= 11 is 0. The summed E-state index contributed by atoms with van der Waals surface area (Å²) < 4.78 is 37.2. The van der Waals surface area contributed by atoms with E-state index in [2.05, 4.69) is 0 Å². The molecule has 1 aliphatic heterocycles. The van der Waals surface area contributed by atoms with Gasteiger partial charge in [0.1, 0.15) is 6.04 Å². The Kier molecular flexibility index (Phi) is 3.44. The summed E-state index contributed by atoms with van der Waals surface area (Å²) in [6.07, 6.45) is -5.18. The van der Waals surface area contributed by atoms with Crippen LogP contribution in [-0.4, -0.2) is 40.6 Å². The van der Waals surface area contributed by atoms with Crippen LogP contribution < -0.4 is 0 Å².